The molecule has 0 spiro atoms. The van der Waals surface area contributed by atoms with Crippen LogP contribution in [0.3, 0.4) is 0 Å². The van der Waals surface area contributed by atoms with Crippen molar-refractivity contribution in [3.05, 3.63) is 118 Å². The first-order valence-electron chi connectivity index (χ1n) is 13.1. The van der Waals surface area contributed by atoms with E-state index in [1.807, 2.05) is 60.7 Å². The van der Waals surface area contributed by atoms with Crippen LogP contribution in [0.5, 0.6) is 5.75 Å². The van der Waals surface area contributed by atoms with E-state index in [9.17, 15) is 14.0 Å². The predicted molar refractivity (Wildman–Crippen MR) is 149 cm³/mol. The number of carbonyl (C=O) groups is 2. The Bertz CT molecular complexity index is 1350. The molecule has 1 aliphatic rings. The standard InChI is InChI=1S/C31H30FN3O3S/c32-25-13-7-8-14-27(25)38-19-28-35-26(20-39-28)30(36)33-23-15-17-24(18-16-23)34-31(37)29(21-9-3-1-4-10-21)22-11-5-2-6-12-22/h1-14,20,23-24,29H,15-19H2,(H,33,36)(H,34,37). The van der Waals surface area contributed by atoms with Crippen LogP contribution in [0.1, 0.15) is 58.2 Å². The van der Waals surface area contributed by atoms with Crippen molar-refractivity contribution in [3.63, 3.8) is 0 Å². The number of nitrogens with one attached hydrogen (secondary N) is 2. The van der Waals surface area contributed by atoms with Gasteiger partial charge < -0.3 is 15.4 Å². The van der Waals surface area contributed by atoms with Gasteiger partial charge in [-0.2, -0.15) is 0 Å². The Morgan fingerprint density at radius 2 is 1.41 bits per heavy atom. The molecule has 6 nitrogen and oxygen atoms in total. The molecule has 39 heavy (non-hydrogen) atoms. The number of halogens is 1. The number of ether oxygens (including phenoxy) is 1. The predicted octanol–water partition coefficient (Wildman–Crippen LogP) is 5.85. The van der Waals surface area contributed by atoms with Crippen molar-refractivity contribution in [2.75, 3.05) is 0 Å². The van der Waals surface area contributed by atoms with Crippen LogP contribution in [-0.4, -0.2) is 28.9 Å². The summed E-state index contributed by atoms with van der Waals surface area (Å²) in [7, 11) is 0. The fourth-order valence-electron chi connectivity index (χ4n) is 4.89. The van der Waals surface area contributed by atoms with Crippen LogP contribution < -0.4 is 15.4 Å². The van der Waals surface area contributed by atoms with Gasteiger partial charge >= 0.3 is 0 Å². The zero-order valence-electron chi connectivity index (χ0n) is 21.4. The fraction of sp³-hybridized carbons (Fsp3) is 0.258. The van der Waals surface area contributed by atoms with E-state index in [1.54, 1.807) is 23.6 Å². The normalized spacial score (nSPS) is 17.0. The highest BCUT2D eigenvalue weighted by Gasteiger charge is 2.28. The third-order valence-electron chi connectivity index (χ3n) is 6.91. The van der Waals surface area contributed by atoms with Gasteiger partial charge in [0.05, 0.1) is 5.92 Å². The van der Waals surface area contributed by atoms with Crippen molar-refractivity contribution >= 4 is 23.2 Å². The molecule has 0 saturated heterocycles. The Balaban J connectivity index is 1.11. The highest BCUT2D eigenvalue weighted by molar-refractivity contribution is 7.09. The highest BCUT2D eigenvalue weighted by atomic mass is 32.1. The number of nitrogens with zero attached hydrogens (tertiary/aromatic N) is 1. The van der Waals surface area contributed by atoms with Gasteiger partial charge in [-0.05, 0) is 48.9 Å². The lowest BCUT2D eigenvalue weighted by atomic mass is 9.88. The number of amides is 2. The molecule has 3 aromatic carbocycles. The minimum absolute atomic E-state index is 0.00695. The maximum absolute atomic E-state index is 13.7. The molecule has 1 fully saturated rings. The maximum atomic E-state index is 13.7. The second-order valence-electron chi connectivity index (χ2n) is 9.63. The molecule has 0 unspecified atom stereocenters. The fourth-order valence-corrected chi connectivity index (χ4v) is 5.58. The lowest BCUT2D eigenvalue weighted by Gasteiger charge is -2.30. The van der Waals surface area contributed by atoms with Gasteiger partial charge in [0.15, 0.2) is 11.6 Å². The first kappa shape index (κ1) is 26.6. The third-order valence-corrected chi connectivity index (χ3v) is 7.73. The molecule has 0 aliphatic heterocycles. The lowest BCUT2D eigenvalue weighted by molar-refractivity contribution is -0.122. The van der Waals surface area contributed by atoms with E-state index < -0.39 is 5.82 Å². The Morgan fingerprint density at radius 1 is 0.846 bits per heavy atom. The van der Waals surface area contributed by atoms with Crippen molar-refractivity contribution in [1.29, 1.82) is 0 Å². The molecule has 2 N–H and O–H groups in total. The molecule has 0 radical (unpaired) electrons. The number of rotatable bonds is 9. The number of benzene rings is 3. The molecule has 8 heteroatoms. The molecule has 1 saturated carbocycles. The van der Waals surface area contributed by atoms with Crippen LogP contribution in [0.2, 0.25) is 0 Å². The van der Waals surface area contributed by atoms with Crippen LogP contribution in [0.25, 0.3) is 0 Å². The first-order chi connectivity index (χ1) is 19.1. The molecule has 0 atom stereocenters. The van der Waals surface area contributed by atoms with Gasteiger partial charge in [0.2, 0.25) is 5.91 Å². The maximum Gasteiger partial charge on any atom is 0.270 e. The van der Waals surface area contributed by atoms with Gasteiger partial charge in [0, 0.05) is 17.5 Å². The summed E-state index contributed by atoms with van der Waals surface area (Å²) < 4.78 is 19.2. The summed E-state index contributed by atoms with van der Waals surface area (Å²) in [5.74, 6) is -0.890. The molecule has 5 rings (SSSR count). The Hall–Kier alpha value is -4.04. The summed E-state index contributed by atoms with van der Waals surface area (Å²) in [6.07, 6.45) is 3.11. The molecule has 1 heterocycles. The van der Waals surface area contributed by atoms with E-state index in [4.69, 9.17) is 4.74 Å². The van der Waals surface area contributed by atoms with Gasteiger partial charge in [-0.1, -0.05) is 72.8 Å². The monoisotopic (exact) mass is 543 g/mol. The first-order valence-corrected chi connectivity index (χ1v) is 14.0. The van der Waals surface area contributed by atoms with Crippen molar-refractivity contribution < 1.29 is 18.7 Å². The van der Waals surface area contributed by atoms with E-state index in [1.165, 1.54) is 17.4 Å². The van der Waals surface area contributed by atoms with Crippen LogP contribution >= 0.6 is 11.3 Å². The zero-order chi connectivity index (χ0) is 27.0. The summed E-state index contributed by atoms with van der Waals surface area (Å²) >= 11 is 1.30. The molecule has 1 aliphatic carbocycles. The molecule has 1 aromatic heterocycles. The summed E-state index contributed by atoms with van der Waals surface area (Å²) in [5, 5.41) is 8.61. The van der Waals surface area contributed by atoms with Crippen molar-refractivity contribution in [3.8, 4) is 5.75 Å². The summed E-state index contributed by atoms with van der Waals surface area (Å²) in [4.78, 5) is 30.5. The van der Waals surface area contributed by atoms with Crippen molar-refractivity contribution in [1.82, 2.24) is 15.6 Å². The number of carbonyl (C=O) groups excluding carboxylic acids is 2. The van der Waals surface area contributed by atoms with Crippen LogP contribution in [-0.2, 0) is 11.4 Å². The number of hydrogen-bond acceptors (Lipinski definition) is 5. The van der Waals surface area contributed by atoms with Gasteiger partial charge in [0.1, 0.15) is 17.3 Å². The molecular formula is C31H30FN3O3S. The molecule has 2 amide bonds. The number of thiazole rings is 1. The van der Waals surface area contributed by atoms with E-state index in [0.717, 1.165) is 36.8 Å². The quantitative estimate of drug-likeness (QED) is 0.278. The van der Waals surface area contributed by atoms with Gasteiger partial charge in [-0.25, -0.2) is 9.37 Å². The average molecular weight is 544 g/mol. The number of hydrogen-bond donors (Lipinski definition) is 2. The summed E-state index contributed by atoms with van der Waals surface area (Å²) in [6.45, 7) is 0.0939. The molecule has 4 aromatic rings. The van der Waals surface area contributed by atoms with Gasteiger partial charge in [-0.3, -0.25) is 9.59 Å². The Labute approximate surface area is 231 Å². The van der Waals surface area contributed by atoms with Gasteiger partial charge in [0.25, 0.3) is 5.91 Å². The number of aromatic nitrogens is 1. The molecule has 200 valence electrons. The Morgan fingerprint density at radius 3 is 2.03 bits per heavy atom. The topological polar surface area (TPSA) is 80.3 Å². The minimum atomic E-state index is -0.436. The smallest absolute Gasteiger partial charge is 0.270 e. The molecule has 0 bridgehead atoms. The Kier molecular flexibility index (Phi) is 8.63. The zero-order valence-corrected chi connectivity index (χ0v) is 22.2. The van der Waals surface area contributed by atoms with Gasteiger partial charge in [-0.15, -0.1) is 11.3 Å². The third kappa shape index (κ3) is 6.89. The largest absolute Gasteiger partial charge is 0.483 e. The second kappa shape index (κ2) is 12.7. The van der Waals surface area contributed by atoms with Crippen molar-refractivity contribution in [2.24, 2.45) is 0 Å². The van der Waals surface area contributed by atoms with Crippen LogP contribution in [0.15, 0.2) is 90.3 Å². The van der Waals surface area contributed by atoms with E-state index in [2.05, 4.69) is 15.6 Å². The van der Waals surface area contributed by atoms with Crippen LogP contribution in [0, 0.1) is 5.82 Å². The average Bonchev–Trinajstić information content (AvgIpc) is 3.44. The SMILES string of the molecule is O=C(NC1CCC(NC(=O)C(c2ccccc2)c2ccccc2)CC1)c1csc(COc2ccccc2F)n1. The summed E-state index contributed by atoms with van der Waals surface area (Å²) in [6, 6.07) is 25.9. The van der Waals surface area contributed by atoms with Crippen molar-refractivity contribution in [2.45, 2.75) is 50.3 Å². The van der Waals surface area contributed by atoms with E-state index >= 15 is 0 Å². The van der Waals surface area contributed by atoms with Crippen LogP contribution in [0.4, 0.5) is 4.39 Å². The number of para-hydroxylation sites is 1. The summed E-state index contributed by atoms with van der Waals surface area (Å²) in [5.41, 5.74) is 2.25. The highest BCUT2D eigenvalue weighted by Crippen LogP contribution is 2.27. The van der Waals surface area contributed by atoms with E-state index in [-0.39, 0.29) is 42.2 Å². The lowest BCUT2D eigenvalue weighted by Crippen LogP contribution is -2.45. The minimum Gasteiger partial charge on any atom is -0.483 e. The second-order valence-corrected chi connectivity index (χ2v) is 10.6. The molecular weight excluding hydrogens is 513 g/mol. The van der Waals surface area contributed by atoms with E-state index in [0.29, 0.717) is 10.7 Å².